The van der Waals surface area contributed by atoms with Crippen molar-refractivity contribution in [2.24, 2.45) is 0 Å². The zero-order chi connectivity index (χ0) is 10.7. The summed E-state index contributed by atoms with van der Waals surface area (Å²) in [6.07, 6.45) is 3.38. The molecule has 15 heavy (non-hydrogen) atoms. The summed E-state index contributed by atoms with van der Waals surface area (Å²) in [5, 5.41) is 18.1. The van der Waals surface area contributed by atoms with Crippen molar-refractivity contribution in [1.29, 1.82) is 5.26 Å². The number of nitrogens with zero attached hydrogens (tertiary/aromatic N) is 2. The average molecular weight is 196 g/mol. The van der Waals surface area contributed by atoms with Gasteiger partial charge in [0.2, 0.25) is 0 Å². The molecule has 1 aromatic heterocycles. The number of phenols is 1. The van der Waals surface area contributed by atoms with Crippen LogP contribution < -0.4 is 0 Å². The lowest BCUT2D eigenvalue weighted by molar-refractivity contribution is 0.473. The molecule has 2 aromatic rings. The molecule has 3 heteroatoms. The molecule has 1 heterocycles. The Morgan fingerprint density at radius 2 is 1.80 bits per heavy atom. The smallest absolute Gasteiger partial charge is 0.133 e. The first-order valence-corrected chi connectivity index (χ1v) is 4.45. The fourth-order valence-electron chi connectivity index (χ4n) is 1.35. The fraction of sp³-hybridized carbons (Fsp3) is 0. The van der Waals surface area contributed by atoms with Crippen LogP contribution >= 0.6 is 0 Å². The van der Waals surface area contributed by atoms with Crippen molar-refractivity contribution in [3.05, 3.63) is 48.3 Å². The average Bonchev–Trinajstić information content (AvgIpc) is 2.31. The number of benzene rings is 1. The summed E-state index contributed by atoms with van der Waals surface area (Å²) in [6, 6.07) is 10.6. The van der Waals surface area contributed by atoms with E-state index in [1.807, 2.05) is 18.2 Å². The van der Waals surface area contributed by atoms with Gasteiger partial charge in [-0.25, -0.2) is 0 Å². The minimum atomic E-state index is 0.00954. The first-order valence-electron chi connectivity index (χ1n) is 4.45. The number of pyridine rings is 1. The van der Waals surface area contributed by atoms with Gasteiger partial charge in [-0.15, -0.1) is 0 Å². The Morgan fingerprint density at radius 1 is 1.07 bits per heavy atom. The van der Waals surface area contributed by atoms with E-state index in [1.54, 1.807) is 24.5 Å². The van der Waals surface area contributed by atoms with Gasteiger partial charge in [-0.05, 0) is 35.4 Å². The summed E-state index contributed by atoms with van der Waals surface area (Å²) < 4.78 is 0. The maximum absolute atomic E-state index is 9.35. The molecule has 0 fully saturated rings. The zero-order valence-electron chi connectivity index (χ0n) is 7.88. The zero-order valence-corrected chi connectivity index (χ0v) is 7.88. The van der Waals surface area contributed by atoms with Crippen LogP contribution in [0.2, 0.25) is 0 Å². The van der Waals surface area contributed by atoms with Gasteiger partial charge in [0.25, 0.3) is 0 Å². The highest BCUT2D eigenvalue weighted by molar-refractivity contribution is 5.66. The maximum atomic E-state index is 9.35. The summed E-state index contributed by atoms with van der Waals surface area (Å²) in [6.45, 7) is 0. The van der Waals surface area contributed by atoms with Gasteiger partial charge in [0, 0.05) is 12.4 Å². The molecule has 0 atom stereocenters. The molecule has 0 radical (unpaired) electrons. The summed E-state index contributed by atoms with van der Waals surface area (Å²) in [4.78, 5) is 3.92. The predicted molar refractivity (Wildman–Crippen MR) is 56.1 cm³/mol. The molecule has 2 rings (SSSR count). The second-order valence-electron chi connectivity index (χ2n) is 3.08. The number of hydrogen-bond acceptors (Lipinski definition) is 3. The molecular weight excluding hydrogens is 188 g/mol. The van der Waals surface area contributed by atoms with Crippen LogP contribution in [0.3, 0.4) is 0 Å². The van der Waals surface area contributed by atoms with Crippen LogP contribution in [0.5, 0.6) is 5.75 Å². The molecule has 0 saturated heterocycles. The largest absolute Gasteiger partial charge is 0.507 e. The minimum Gasteiger partial charge on any atom is -0.507 e. The SMILES string of the molecule is N#Cc1cc(-c2ccncc2)ccc1O. The third-order valence-corrected chi connectivity index (χ3v) is 2.13. The second kappa shape index (κ2) is 3.81. The van der Waals surface area contributed by atoms with Crippen LogP contribution in [-0.2, 0) is 0 Å². The molecule has 72 valence electrons. The number of aromatic nitrogens is 1. The number of phenolic OH excluding ortho intramolecular Hbond substituents is 1. The van der Waals surface area contributed by atoms with E-state index >= 15 is 0 Å². The van der Waals surface area contributed by atoms with E-state index in [2.05, 4.69) is 4.98 Å². The molecule has 0 spiro atoms. The first kappa shape index (κ1) is 9.22. The second-order valence-corrected chi connectivity index (χ2v) is 3.08. The quantitative estimate of drug-likeness (QED) is 0.761. The minimum absolute atomic E-state index is 0.00954. The third-order valence-electron chi connectivity index (χ3n) is 2.13. The molecule has 0 unspecified atom stereocenters. The lowest BCUT2D eigenvalue weighted by atomic mass is 10.0. The highest BCUT2D eigenvalue weighted by Crippen LogP contribution is 2.24. The Morgan fingerprint density at radius 3 is 2.47 bits per heavy atom. The number of aromatic hydroxyl groups is 1. The summed E-state index contributed by atoms with van der Waals surface area (Å²) in [5.41, 5.74) is 2.15. The van der Waals surface area contributed by atoms with Gasteiger partial charge in [-0.3, -0.25) is 4.98 Å². The molecular formula is C12H8N2O. The first-order chi connectivity index (χ1) is 7.31. The topological polar surface area (TPSA) is 56.9 Å². The van der Waals surface area contributed by atoms with Gasteiger partial charge in [-0.1, -0.05) is 6.07 Å². The molecule has 0 aliphatic heterocycles. The van der Waals surface area contributed by atoms with Crippen molar-refractivity contribution < 1.29 is 5.11 Å². The van der Waals surface area contributed by atoms with Crippen molar-refractivity contribution >= 4 is 0 Å². The van der Waals surface area contributed by atoms with Crippen molar-refractivity contribution in [3.8, 4) is 22.9 Å². The standard InChI is InChI=1S/C12H8N2O/c13-8-11-7-10(1-2-12(11)15)9-3-5-14-6-4-9/h1-7,15H. The van der Waals surface area contributed by atoms with Crippen LogP contribution in [0.4, 0.5) is 0 Å². The number of rotatable bonds is 1. The normalized spacial score (nSPS) is 9.53. The molecule has 0 aliphatic rings. The monoisotopic (exact) mass is 196 g/mol. The van der Waals surface area contributed by atoms with Crippen LogP contribution in [0, 0.1) is 11.3 Å². The molecule has 1 N–H and O–H groups in total. The summed E-state index contributed by atoms with van der Waals surface area (Å²) in [5.74, 6) is 0.00954. The van der Waals surface area contributed by atoms with Crippen LogP contribution in [0.1, 0.15) is 5.56 Å². The van der Waals surface area contributed by atoms with E-state index in [0.717, 1.165) is 11.1 Å². The predicted octanol–water partition coefficient (Wildman–Crippen LogP) is 2.33. The highest BCUT2D eigenvalue weighted by Gasteiger charge is 2.02. The Balaban J connectivity index is 2.52. The van der Waals surface area contributed by atoms with Crippen molar-refractivity contribution in [3.63, 3.8) is 0 Å². The van der Waals surface area contributed by atoms with Gasteiger partial charge in [-0.2, -0.15) is 5.26 Å². The van der Waals surface area contributed by atoms with E-state index in [-0.39, 0.29) is 11.3 Å². The fourth-order valence-corrected chi connectivity index (χ4v) is 1.35. The van der Waals surface area contributed by atoms with E-state index in [4.69, 9.17) is 5.26 Å². The third kappa shape index (κ3) is 1.79. The molecule has 0 amide bonds. The maximum Gasteiger partial charge on any atom is 0.133 e. The Labute approximate surface area is 87.3 Å². The van der Waals surface area contributed by atoms with Gasteiger partial charge in [0.05, 0.1) is 5.56 Å². The molecule has 3 nitrogen and oxygen atoms in total. The van der Waals surface area contributed by atoms with Crippen molar-refractivity contribution in [1.82, 2.24) is 4.98 Å². The van der Waals surface area contributed by atoms with Gasteiger partial charge in [0.15, 0.2) is 0 Å². The van der Waals surface area contributed by atoms with Crippen molar-refractivity contribution in [2.45, 2.75) is 0 Å². The molecule has 1 aromatic carbocycles. The van der Waals surface area contributed by atoms with E-state index in [9.17, 15) is 5.11 Å². The van der Waals surface area contributed by atoms with Crippen LogP contribution in [0.25, 0.3) is 11.1 Å². The Kier molecular flexibility index (Phi) is 2.34. The van der Waals surface area contributed by atoms with Crippen LogP contribution in [0.15, 0.2) is 42.7 Å². The van der Waals surface area contributed by atoms with E-state index in [1.165, 1.54) is 6.07 Å². The summed E-state index contributed by atoms with van der Waals surface area (Å²) in [7, 11) is 0. The number of nitriles is 1. The summed E-state index contributed by atoms with van der Waals surface area (Å²) >= 11 is 0. The number of hydrogen-bond donors (Lipinski definition) is 1. The molecule has 0 saturated carbocycles. The Hall–Kier alpha value is -2.34. The van der Waals surface area contributed by atoms with Crippen LogP contribution in [-0.4, -0.2) is 10.1 Å². The molecule has 0 aliphatic carbocycles. The van der Waals surface area contributed by atoms with Crippen molar-refractivity contribution in [2.75, 3.05) is 0 Å². The van der Waals surface area contributed by atoms with E-state index < -0.39 is 0 Å². The van der Waals surface area contributed by atoms with Gasteiger partial charge in [0.1, 0.15) is 11.8 Å². The lowest BCUT2D eigenvalue weighted by Crippen LogP contribution is -1.81. The highest BCUT2D eigenvalue weighted by atomic mass is 16.3. The lowest BCUT2D eigenvalue weighted by Gasteiger charge is -2.02. The Bertz CT molecular complexity index is 515. The van der Waals surface area contributed by atoms with Gasteiger partial charge >= 0.3 is 0 Å². The van der Waals surface area contributed by atoms with E-state index in [0.29, 0.717) is 0 Å². The van der Waals surface area contributed by atoms with Gasteiger partial charge < -0.3 is 5.11 Å². The molecule has 0 bridgehead atoms.